The van der Waals surface area contributed by atoms with Crippen molar-refractivity contribution in [1.29, 1.82) is 0 Å². The lowest BCUT2D eigenvalue weighted by Crippen LogP contribution is -2.43. The average Bonchev–Trinajstić information content (AvgIpc) is 3.61. The standard InChI is InChI=1S/C27H29ClN4O2/c1-2-31(18-10-4-3-5-11-18)27(34)32-25(22-15-9-17-30-22)24(21-14-8-16-29-21)23(26(32)33)19-12-6-7-13-20(19)28/h6-9,12-18,29-30,33H,2-5,10-11H2,1H3. The fraction of sp³-hybridized carbons (Fsp3) is 0.296. The molecule has 1 saturated carbocycles. The SMILES string of the molecule is CCN(C(=O)n1c(O)c(-c2ccccc2Cl)c(-c2ccc[nH]2)c1-c1ccc[nH]1)C1CCCCC1. The Labute approximate surface area is 204 Å². The number of nitrogens with zero attached hydrogens (tertiary/aromatic N) is 2. The Balaban J connectivity index is 1.79. The van der Waals surface area contributed by atoms with E-state index in [1.807, 2.05) is 66.7 Å². The minimum Gasteiger partial charge on any atom is -0.494 e. The van der Waals surface area contributed by atoms with Gasteiger partial charge in [0.2, 0.25) is 5.88 Å². The Bertz CT molecular complexity index is 1270. The number of nitrogens with one attached hydrogen (secondary N) is 2. The number of hydrogen-bond donors (Lipinski definition) is 3. The number of H-pyrrole nitrogens is 2. The van der Waals surface area contributed by atoms with Crippen LogP contribution in [0.1, 0.15) is 39.0 Å². The summed E-state index contributed by atoms with van der Waals surface area (Å²) in [5, 5.41) is 12.2. The molecular formula is C27H29ClN4O2. The summed E-state index contributed by atoms with van der Waals surface area (Å²) in [6.07, 6.45) is 9.07. The maximum atomic E-state index is 14.1. The van der Waals surface area contributed by atoms with Crippen molar-refractivity contribution in [2.75, 3.05) is 6.54 Å². The van der Waals surface area contributed by atoms with Crippen LogP contribution in [0, 0.1) is 0 Å². The molecule has 176 valence electrons. The van der Waals surface area contributed by atoms with Gasteiger partial charge in [0, 0.05) is 46.8 Å². The van der Waals surface area contributed by atoms with Crippen molar-refractivity contribution in [3.8, 4) is 39.7 Å². The maximum absolute atomic E-state index is 14.1. The van der Waals surface area contributed by atoms with Crippen LogP contribution in [0.3, 0.4) is 0 Å². The molecule has 0 radical (unpaired) electrons. The van der Waals surface area contributed by atoms with E-state index >= 15 is 0 Å². The topological polar surface area (TPSA) is 77.0 Å². The van der Waals surface area contributed by atoms with Gasteiger partial charge in [0.15, 0.2) is 0 Å². The molecule has 0 aliphatic heterocycles. The molecule has 6 nitrogen and oxygen atoms in total. The summed E-state index contributed by atoms with van der Waals surface area (Å²) in [6.45, 7) is 2.58. The number of hydrogen-bond acceptors (Lipinski definition) is 2. The number of benzene rings is 1. The van der Waals surface area contributed by atoms with E-state index in [1.165, 1.54) is 11.0 Å². The first kappa shape index (κ1) is 22.4. The van der Waals surface area contributed by atoms with E-state index < -0.39 is 0 Å². The first-order valence-corrected chi connectivity index (χ1v) is 12.3. The van der Waals surface area contributed by atoms with Gasteiger partial charge in [-0.3, -0.25) is 0 Å². The summed E-state index contributed by atoms with van der Waals surface area (Å²) in [5.74, 6) is -0.110. The van der Waals surface area contributed by atoms with Crippen LogP contribution in [0.2, 0.25) is 5.02 Å². The van der Waals surface area contributed by atoms with Gasteiger partial charge in [0.25, 0.3) is 0 Å². The molecule has 1 amide bonds. The Morgan fingerprint density at radius 3 is 2.29 bits per heavy atom. The number of halogens is 1. The monoisotopic (exact) mass is 476 g/mol. The van der Waals surface area contributed by atoms with E-state index in [4.69, 9.17) is 11.6 Å². The third kappa shape index (κ3) is 3.82. The number of aromatic nitrogens is 3. The van der Waals surface area contributed by atoms with Gasteiger partial charge in [-0.15, -0.1) is 0 Å². The van der Waals surface area contributed by atoms with Gasteiger partial charge in [-0.2, -0.15) is 0 Å². The quantitative estimate of drug-likeness (QED) is 0.286. The molecule has 1 aliphatic carbocycles. The fourth-order valence-corrected chi connectivity index (χ4v) is 5.45. The van der Waals surface area contributed by atoms with E-state index in [9.17, 15) is 9.90 Å². The second-order valence-electron chi connectivity index (χ2n) is 8.77. The van der Waals surface area contributed by atoms with Crippen LogP contribution in [0.5, 0.6) is 5.88 Å². The van der Waals surface area contributed by atoms with Crippen LogP contribution in [0.15, 0.2) is 60.9 Å². The van der Waals surface area contributed by atoms with E-state index in [0.29, 0.717) is 28.4 Å². The summed E-state index contributed by atoms with van der Waals surface area (Å²) in [5.41, 5.74) is 4.08. The van der Waals surface area contributed by atoms with Crippen molar-refractivity contribution in [3.05, 3.63) is 65.9 Å². The third-order valence-corrected chi connectivity index (χ3v) is 7.13. The zero-order chi connectivity index (χ0) is 23.7. The summed E-state index contributed by atoms with van der Waals surface area (Å²) in [4.78, 5) is 22.5. The van der Waals surface area contributed by atoms with Crippen LogP contribution >= 0.6 is 11.6 Å². The molecule has 0 unspecified atom stereocenters. The van der Waals surface area contributed by atoms with Gasteiger partial charge in [0.1, 0.15) is 0 Å². The molecule has 1 aromatic carbocycles. The zero-order valence-corrected chi connectivity index (χ0v) is 20.0. The smallest absolute Gasteiger partial charge is 0.331 e. The predicted octanol–water partition coefficient (Wildman–Crippen LogP) is 7.13. The van der Waals surface area contributed by atoms with Crippen LogP contribution in [0.4, 0.5) is 4.79 Å². The van der Waals surface area contributed by atoms with Crippen molar-refractivity contribution in [3.63, 3.8) is 0 Å². The fourth-order valence-electron chi connectivity index (χ4n) is 5.22. The first-order chi connectivity index (χ1) is 16.6. The molecule has 34 heavy (non-hydrogen) atoms. The van der Waals surface area contributed by atoms with Crippen LogP contribution in [-0.4, -0.2) is 43.2 Å². The largest absolute Gasteiger partial charge is 0.494 e. The highest BCUT2D eigenvalue weighted by Crippen LogP contribution is 2.49. The first-order valence-electron chi connectivity index (χ1n) is 11.9. The molecule has 0 atom stereocenters. The minimum absolute atomic E-state index is 0.110. The van der Waals surface area contributed by atoms with Crippen LogP contribution < -0.4 is 0 Å². The number of amides is 1. The zero-order valence-electron chi connectivity index (χ0n) is 19.2. The Kier molecular flexibility index (Phi) is 6.24. The highest BCUT2D eigenvalue weighted by Gasteiger charge is 2.34. The van der Waals surface area contributed by atoms with Crippen molar-refractivity contribution >= 4 is 17.6 Å². The van der Waals surface area contributed by atoms with E-state index in [-0.39, 0.29) is 18.0 Å². The van der Waals surface area contributed by atoms with Crippen molar-refractivity contribution in [2.24, 2.45) is 0 Å². The van der Waals surface area contributed by atoms with Gasteiger partial charge in [0.05, 0.1) is 17.0 Å². The average molecular weight is 477 g/mol. The highest BCUT2D eigenvalue weighted by molar-refractivity contribution is 6.33. The second-order valence-corrected chi connectivity index (χ2v) is 9.17. The van der Waals surface area contributed by atoms with Gasteiger partial charge >= 0.3 is 6.03 Å². The number of aromatic amines is 2. The van der Waals surface area contributed by atoms with Gasteiger partial charge in [-0.05, 0) is 50.1 Å². The minimum atomic E-state index is -0.220. The number of aromatic hydroxyl groups is 1. The van der Waals surface area contributed by atoms with E-state index in [0.717, 1.165) is 42.6 Å². The molecule has 7 heteroatoms. The van der Waals surface area contributed by atoms with Crippen molar-refractivity contribution in [1.82, 2.24) is 19.4 Å². The lowest BCUT2D eigenvalue weighted by Gasteiger charge is -2.34. The third-order valence-electron chi connectivity index (χ3n) is 6.80. The molecule has 0 spiro atoms. The van der Waals surface area contributed by atoms with Gasteiger partial charge in [-0.25, -0.2) is 9.36 Å². The summed E-state index contributed by atoms with van der Waals surface area (Å²) >= 11 is 6.61. The number of carbonyl (C=O) groups excluding carboxylic acids is 1. The molecule has 0 bridgehead atoms. The van der Waals surface area contributed by atoms with Crippen LogP contribution in [0.25, 0.3) is 33.8 Å². The molecule has 3 aromatic heterocycles. The Morgan fingerprint density at radius 1 is 1.00 bits per heavy atom. The lowest BCUT2D eigenvalue weighted by molar-refractivity contribution is 0.159. The number of carbonyl (C=O) groups is 1. The summed E-state index contributed by atoms with van der Waals surface area (Å²) in [7, 11) is 0. The lowest BCUT2D eigenvalue weighted by atomic mass is 9.94. The highest BCUT2D eigenvalue weighted by atomic mass is 35.5. The molecule has 4 aromatic rings. The molecule has 3 heterocycles. The van der Waals surface area contributed by atoms with E-state index in [1.54, 1.807) is 6.07 Å². The normalized spacial score (nSPS) is 14.4. The molecule has 1 fully saturated rings. The number of rotatable bonds is 5. The molecular weight excluding hydrogens is 448 g/mol. The van der Waals surface area contributed by atoms with E-state index in [2.05, 4.69) is 9.97 Å². The summed E-state index contributed by atoms with van der Waals surface area (Å²) < 4.78 is 1.46. The maximum Gasteiger partial charge on any atom is 0.331 e. The Morgan fingerprint density at radius 2 is 1.68 bits per heavy atom. The van der Waals surface area contributed by atoms with Crippen molar-refractivity contribution < 1.29 is 9.90 Å². The van der Waals surface area contributed by atoms with Gasteiger partial charge < -0.3 is 20.0 Å². The molecule has 5 rings (SSSR count). The molecule has 1 aliphatic rings. The second kappa shape index (κ2) is 9.47. The van der Waals surface area contributed by atoms with Crippen LogP contribution in [-0.2, 0) is 0 Å². The summed E-state index contributed by atoms with van der Waals surface area (Å²) in [6, 6.07) is 15.0. The van der Waals surface area contributed by atoms with Crippen molar-refractivity contribution in [2.45, 2.75) is 45.1 Å². The Hall–Kier alpha value is -3.38. The van der Waals surface area contributed by atoms with Gasteiger partial charge in [-0.1, -0.05) is 49.1 Å². The molecule has 0 saturated heterocycles. The predicted molar refractivity (Wildman–Crippen MR) is 136 cm³/mol. The molecule has 3 N–H and O–H groups in total.